The first kappa shape index (κ1) is 28.0. The molecule has 2 rings (SSSR count). The molecule has 1 aromatic heterocycles. The van der Waals surface area contributed by atoms with Crippen LogP contribution in [-0.4, -0.2) is 64.2 Å². The molecule has 0 fully saturated rings. The van der Waals surface area contributed by atoms with Crippen LogP contribution in [0.15, 0.2) is 47.9 Å². The number of methoxy groups -OCH3 is 1. The molecule has 186 valence electrons. The molecule has 3 atom stereocenters. The van der Waals surface area contributed by atoms with Crippen LogP contribution in [0.1, 0.15) is 42.8 Å². The van der Waals surface area contributed by atoms with Crippen molar-refractivity contribution in [2.45, 2.75) is 38.2 Å². The number of allylic oxidation sites excluding steroid dienone is 1. The number of nitrogens with zero attached hydrogens (tertiary/aromatic N) is 4. The molecule has 1 amide bonds. The minimum Gasteiger partial charge on any atom is -0.375 e. The van der Waals surface area contributed by atoms with E-state index in [-0.39, 0.29) is 34.5 Å². The Morgan fingerprint density at radius 2 is 2.24 bits per heavy atom. The van der Waals surface area contributed by atoms with Gasteiger partial charge in [0.25, 0.3) is 5.91 Å². The third-order valence-corrected chi connectivity index (χ3v) is 6.69. The number of thioether (sulfide) groups is 1. The van der Waals surface area contributed by atoms with Gasteiger partial charge < -0.3 is 10.1 Å². The van der Waals surface area contributed by atoms with Gasteiger partial charge in [0.15, 0.2) is 0 Å². The third-order valence-electron chi connectivity index (χ3n) is 5.41. The summed E-state index contributed by atoms with van der Waals surface area (Å²) in [6.45, 7) is 11.3. The quantitative estimate of drug-likeness (QED) is 0.313. The first-order chi connectivity index (χ1) is 16.2. The highest BCUT2D eigenvalue weighted by Crippen LogP contribution is 2.24. The third kappa shape index (κ3) is 7.94. The van der Waals surface area contributed by atoms with E-state index in [4.69, 9.17) is 16.3 Å². The molecule has 0 radical (unpaired) electrons. The van der Waals surface area contributed by atoms with Gasteiger partial charge in [0.05, 0.1) is 28.4 Å². The molecule has 1 aromatic carbocycles. The minimum absolute atomic E-state index is 0.0471. The van der Waals surface area contributed by atoms with E-state index in [0.717, 1.165) is 5.56 Å². The molecular weight excluding hydrogens is 477 g/mol. The Labute approximate surface area is 210 Å². The molecule has 0 bridgehead atoms. The topological polar surface area (TPSA) is 71.8 Å². The molecule has 0 saturated carbocycles. The zero-order valence-electron chi connectivity index (χ0n) is 20.3. The summed E-state index contributed by atoms with van der Waals surface area (Å²) in [4.78, 5) is 19.3. The minimum atomic E-state index is -0.652. The first-order valence-corrected chi connectivity index (χ1v) is 12.3. The van der Waals surface area contributed by atoms with Crippen LogP contribution in [0.5, 0.6) is 0 Å². The molecular formula is C24H33ClFN5O2S. The molecule has 0 aliphatic rings. The van der Waals surface area contributed by atoms with Crippen LogP contribution in [0.4, 0.5) is 4.39 Å². The Balaban J connectivity index is 2.23. The van der Waals surface area contributed by atoms with Gasteiger partial charge in [-0.25, -0.2) is 4.39 Å². The number of halogens is 2. The van der Waals surface area contributed by atoms with Crippen LogP contribution in [0, 0.1) is 5.82 Å². The number of benzene rings is 1. The van der Waals surface area contributed by atoms with Crippen molar-refractivity contribution < 1.29 is 13.9 Å². The number of hydrogen-bond acceptors (Lipinski definition) is 6. The van der Waals surface area contributed by atoms with Crippen LogP contribution in [0.3, 0.4) is 0 Å². The highest BCUT2D eigenvalue weighted by molar-refractivity contribution is 8.12. The molecule has 34 heavy (non-hydrogen) atoms. The van der Waals surface area contributed by atoms with E-state index in [0.29, 0.717) is 18.8 Å². The summed E-state index contributed by atoms with van der Waals surface area (Å²) in [6.07, 6.45) is 3.52. The zero-order chi connectivity index (χ0) is 25.3. The van der Waals surface area contributed by atoms with Gasteiger partial charge in [-0.3, -0.25) is 19.4 Å². The van der Waals surface area contributed by atoms with Crippen LogP contribution in [-0.2, 0) is 11.8 Å². The maximum absolute atomic E-state index is 14.2. The van der Waals surface area contributed by atoms with Crippen molar-refractivity contribution in [3.63, 3.8) is 0 Å². The standard InChI is InChI=1S/C24H33ClFN5O2S/c1-7-31(14-22(33-6)18-11-29-30(5)13-18)21(17(4)34-15-28-16(2)3)12-27-24(32)23-19(25)9-8-10-20(23)26/h8-11,13,15,17,21-22H,2,7,12,14H2,1,3-6H3,(H,27,32)/b28-15-. The fourth-order valence-electron chi connectivity index (χ4n) is 3.53. The molecule has 7 nitrogen and oxygen atoms in total. The fraction of sp³-hybridized carbons (Fsp3) is 0.458. The summed E-state index contributed by atoms with van der Waals surface area (Å²) in [7, 11) is 3.53. The zero-order valence-corrected chi connectivity index (χ0v) is 21.9. The molecule has 0 aliphatic carbocycles. The number of carbonyl (C=O) groups is 1. The molecule has 1 heterocycles. The Morgan fingerprint density at radius 3 is 2.79 bits per heavy atom. The summed E-state index contributed by atoms with van der Waals surface area (Å²) >= 11 is 7.62. The van der Waals surface area contributed by atoms with Crippen LogP contribution < -0.4 is 5.32 Å². The van der Waals surface area contributed by atoms with Crippen LogP contribution in [0.25, 0.3) is 0 Å². The van der Waals surface area contributed by atoms with Crippen molar-refractivity contribution >= 4 is 34.8 Å². The average molecular weight is 510 g/mol. The second-order valence-corrected chi connectivity index (χ2v) is 9.58. The predicted molar refractivity (Wildman–Crippen MR) is 138 cm³/mol. The molecule has 3 unspecified atom stereocenters. The molecule has 0 saturated heterocycles. The maximum Gasteiger partial charge on any atom is 0.255 e. The number of likely N-dealkylation sites (N-methyl/N-ethyl adjacent to an activating group) is 1. The lowest BCUT2D eigenvalue weighted by molar-refractivity contribution is 0.0490. The van der Waals surface area contributed by atoms with E-state index in [9.17, 15) is 9.18 Å². The summed E-state index contributed by atoms with van der Waals surface area (Å²) in [6, 6.07) is 4.09. The lowest BCUT2D eigenvalue weighted by Crippen LogP contribution is -2.50. The SMILES string of the molecule is C=C(C)/N=C\SC(C)C(CNC(=O)c1c(F)cccc1Cl)N(CC)CC(OC)c1cnn(C)c1. The van der Waals surface area contributed by atoms with Crippen molar-refractivity contribution in [3.8, 4) is 0 Å². The largest absolute Gasteiger partial charge is 0.375 e. The Kier molecular flexibility index (Phi) is 11.2. The monoisotopic (exact) mass is 509 g/mol. The Bertz CT molecular complexity index is 979. The Morgan fingerprint density at radius 1 is 1.50 bits per heavy atom. The second-order valence-electron chi connectivity index (χ2n) is 7.94. The summed E-state index contributed by atoms with van der Waals surface area (Å²) in [5.74, 6) is -1.20. The number of hydrogen-bond donors (Lipinski definition) is 1. The number of aliphatic imine (C=N–C) groups is 1. The van der Waals surface area contributed by atoms with Gasteiger partial charge in [-0.1, -0.05) is 38.1 Å². The van der Waals surface area contributed by atoms with Gasteiger partial charge >= 0.3 is 0 Å². The predicted octanol–water partition coefficient (Wildman–Crippen LogP) is 4.70. The molecule has 0 aliphatic heterocycles. The van der Waals surface area contributed by atoms with Gasteiger partial charge in [0.2, 0.25) is 0 Å². The van der Waals surface area contributed by atoms with Gasteiger partial charge in [0.1, 0.15) is 5.82 Å². The van der Waals surface area contributed by atoms with E-state index >= 15 is 0 Å². The molecule has 2 aromatic rings. The van der Waals surface area contributed by atoms with E-state index in [1.165, 1.54) is 18.2 Å². The number of amides is 1. The summed E-state index contributed by atoms with van der Waals surface area (Å²) in [5.41, 5.74) is 3.29. The van der Waals surface area contributed by atoms with E-state index in [1.807, 2.05) is 20.2 Å². The second kappa shape index (κ2) is 13.6. The molecule has 10 heteroatoms. The van der Waals surface area contributed by atoms with Crippen molar-refractivity contribution in [2.75, 3.05) is 26.7 Å². The van der Waals surface area contributed by atoms with Gasteiger partial charge in [-0.15, -0.1) is 11.8 Å². The highest BCUT2D eigenvalue weighted by atomic mass is 35.5. The number of carbonyl (C=O) groups excluding carboxylic acids is 1. The fourth-order valence-corrected chi connectivity index (χ4v) is 4.67. The lowest BCUT2D eigenvalue weighted by Gasteiger charge is -2.36. The maximum atomic E-state index is 14.2. The molecule has 1 N–H and O–H groups in total. The van der Waals surface area contributed by atoms with Crippen LogP contribution >= 0.6 is 23.4 Å². The number of aromatic nitrogens is 2. The van der Waals surface area contributed by atoms with E-state index < -0.39 is 11.7 Å². The smallest absolute Gasteiger partial charge is 0.255 e. The average Bonchev–Trinajstić information content (AvgIpc) is 3.21. The molecule has 0 spiro atoms. The number of nitrogens with one attached hydrogen (secondary N) is 1. The van der Waals surface area contributed by atoms with E-state index in [2.05, 4.69) is 40.7 Å². The van der Waals surface area contributed by atoms with Gasteiger partial charge in [0, 0.05) is 56.0 Å². The summed E-state index contributed by atoms with van der Waals surface area (Å²) in [5, 5.41) is 7.25. The summed E-state index contributed by atoms with van der Waals surface area (Å²) < 4.78 is 21.7. The normalized spacial score (nSPS) is 14.4. The highest BCUT2D eigenvalue weighted by Gasteiger charge is 2.28. The van der Waals surface area contributed by atoms with E-state index in [1.54, 1.807) is 35.3 Å². The van der Waals surface area contributed by atoms with Crippen molar-refractivity contribution in [1.29, 1.82) is 0 Å². The van der Waals surface area contributed by atoms with Gasteiger partial charge in [-0.05, 0) is 25.6 Å². The number of ether oxygens (including phenoxy) is 1. The van der Waals surface area contributed by atoms with Crippen molar-refractivity contribution in [1.82, 2.24) is 20.0 Å². The van der Waals surface area contributed by atoms with Gasteiger partial charge in [-0.2, -0.15) is 5.10 Å². The number of rotatable bonds is 13. The Hall–Kier alpha value is -2.20. The van der Waals surface area contributed by atoms with Crippen molar-refractivity contribution in [2.24, 2.45) is 12.0 Å². The van der Waals surface area contributed by atoms with Crippen molar-refractivity contribution in [3.05, 3.63) is 64.8 Å². The number of aryl methyl sites for hydroxylation is 1. The van der Waals surface area contributed by atoms with Crippen LogP contribution in [0.2, 0.25) is 5.02 Å². The first-order valence-electron chi connectivity index (χ1n) is 11.0. The lowest BCUT2D eigenvalue weighted by atomic mass is 10.1.